The molecule has 7 heteroatoms. The molecule has 0 spiro atoms. The van der Waals surface area contributed by atoms with Gasteiger partial charge >= 0.3 is 8.56 Å². The number of rotatable bonds is 6. The van der Waals surface area contributed by atoms with Crippen molar-refractivity contribution in [2.24, 2.45) is 0 Å². The Morgan fingerprint density at radius 1 is 1.24 bits per heavy atom. The molecule has 0 fully saturated rings. The molecule has 0 saturated carbocycles. The van der Waals surface area contributed by atoms with E-state index in [1.54, 1.807) is 12.6 Å². The minimum absolute atomic E-state index is 0.397. The lowest BCUT2D eigenvalue weighted by Gasteiger charge is -2.36. The maximum atomic E-state index is 11.5. The second kappa shape index (κ2) is 7.57. The summed E-state index contributed by atoms with van der Waals surface area (Å²) in [4.78, 5) is 22.9. The van der Waals surface area contributed by atoms with E-state index in [0.717, 1.165) is 30.6 Å². The van der Waals surface area contributed by atoms with Crippen LogP contribution in [0.15, 0.2) is 18.2 Å². The molecule has 25 heavy (non-hydrogen) atoms. The summed E-state index contributed by atoms with van der Waals surface area (Å²) >= 11 is 0. The topological polar surface area (TPSA) is 71.1 Å². The van der Waals surface area contributed by atoms with Gasteiger partial charge in [-0.05, 0) is 18.6 Å². The zero-order chi connectivity index (χ0) is 18.7. The van der Waals surface area contributed by atoms with E-state index in [0.29, 0.717) is 11.8 Å². The van der Waals surface area contributed by atoms with Gasteiger partial charge in [0.05, 0.1) is 6.61 Å². The largest absolute Gasteiger partial charge is 0.496 e. The lowest BCUT2D eigenvalue weighted by molar-refractivity contribution is -0.197. The standard InChI is InChI=1S/C18H26O6Si/c1-6-7-10-18(4)21-12-15-11-16(8-9-17(15)22-18)25(5,23-13(2)19)24-14(3)20/h8-9,11H,6-7,10,12H2,1-5H3. The van der Waals surface area contributed by atoms with E-state index >= 15 is 0 Å². The second-order valence-electron chi connectivity index (χ2n) is 6.58. The molecule has 0 N–H and O–H groups in total. The van der Waals surface area contributed by atoms with Crippen LogP contribution >= 0.6 is 0 Å². The lowest BCUT2D eigenvalue weighted by atomic mass is 10.1. The minimum atomic E-state index is -3.18. The van der Waals surface area contributed by atoms with Crippen molar-refractivity contribution >= 4 is 25.7 Å². The molecule has 1 heterocycles. The molecule has 6 nitrogen and oxygen atoms in total. The van der Waals surface area contributed by atoms with Crippen molar-refractivity contribution in [3.8, 4) is 5.75 Å². The van der Waals surface area contributed by atoms with Gasteiger partial charge in [0, 0.05) is 44.5 Å². The van der Waals surface area contributed by atoms with Gasteiger partial charge in [-0.15, -0.1) is 0 Å². The molecule has 1 aromatic carbocycles. The van der Waals surface area contributed by atoms with Gasteiger partial charge in [0.15, 0.2) is 0 Å². The Bertz CT molecular complexity index is 643. The number of hydrogen-bond acceptors (Lipinski definition) is 6. The van der Waals surface area contributed by atoms with Crippen molar-refractivity contribution in [1.82, 2.24) is 0 Å². The van der Waals surface area contributed by atoms with Crippen LogP contribution in [0.5, 0.6) is 5.75 Å². The summed E-state index contributed by atoms with van der Waals surface area (Å²) in [5.74, 6) is -0.840. The van der Waals surface area contributed by atoms with Crippen molar-refractivity contribution in [3.05, 3.63) is 23.8 Å². The Hall–Kier alpha value is -1.86. The van der Waals surface area contributed by atoms with Gasteiger partial charge in [0.25, 0.3) is 11.9 Å². The fourth-order valence-electron chi connectivity index (χ4n) is 2.88. The summed E-state index contributed by atoms with van der Waals surface area (Å²) in [6.07, 6.45) is 2.91. The van der Waals surface area contributed by atoms with Gasteiger partial charge in [-0.2, -0.15) is 0 Å². The highest BCUT2D eigenvalue weighted by Gasteiger charge is 2.42. The summed E-state index contributed by atoms with van der Waals surface area (Å²) < 4.78 is 22.7. The summed E-state index contributed by atoms with van der Waals surface area (Å²) in [7, 11) is -3.18. The maximum absolute atomic E-state index is 11.5. The van der Waals surface area contributed by atoms with E-state index in [2.05, 4.69) is 6.92 Å². The number of carbonyl (C=O) groups excluding carboxylic acids is 2. The van der Waals surface area contributed by atoms with Crippen LogP contribution in [0, 0.1) is 0 Å². The number of ether oxygens (including phenoxy) is 2. The average molecular weight is 366 g/mol. The first kappa shape index (κ1) is 19.5. The van der Waals surface area contributed by atoms with Crippen LogP contribution in [-0.4, -0.2) is 26.3 Å². The molecular formula is C18H26O6Si. The van der Waals surface area contributed by atoms with Crippen molar-refractivity contribution in [2.45, 2.75) is 65.9 Å². The van der Waals surface area contributed by atoms with E-state index in [-0.39, 0.29) is 0 Å². The van der Waals surface area contributed by atoms with E-state index in [9.17, 15) is 9.59 Å². The molecule has 1 aliphatic rings. The third-order valence-corrected chi connectivity index (χ3v) is 6.82. The molecule has 0 aromatic heterocycles. The first-order valence-corrected chi connectivity index (χ1v) is 10.8. The van der Waals surface area contributed by atoms with Crippen LogP contribution in [0.2, 0.25) is 6.55 Å². The summed E-state index contributed by atoms with van der Waals surface area (Å²) in [6.45, 7) is 8.75. The van der Waals surface area contributed by atoms with Crippen molar-refractivity contribution < 1.29 is 27.9 Å². The number of fused-ring (bicyclic) bond motifs is 1. The Labute approximate surface area is 149 Å². The molecule has 0 radical (unpaired) electrons. The Kier molecular flexibility index (Phi) is 5.90. The van der Waals surface area contributed by atoms with Crippen LogP contribution in [0.1, 0.15) is 52.5 Å². The third kappa shape index (κ3) is 4.82. The minimum Gasteiger partial charge on any atom is -0.482 e. The van der Waals surface area contributed by atoms with Gasteiger partial charge in [0.1, 0.15) is 5.75 Å². The number of carbonyl (C=O) groups is 2. The Morgan fingerprint density at radius 3 is 2.44 bits per heavy atom. The normalized spacial score (nSPS) is 19.6. The molecule has 1 aliphatic heterocycles. The van der Waals surface area contributed by atoms with Crippen LogP contribution in [0.25, 0.3) is 0 Å². The SMILES string of the molecule is CCCCC1(C)OCc2cc([Si](C)(OC(C)=O)OC(C)=O)ccc2O1. The van der Waals surface area contributed by atoms with Crippen molar-refractivity contribution in [2.75, 3.05) is 0 Å². The van der Waals surface area contributed by atoms with Crippen molar-refractivity contribution in [1.29, 1.82) is 0 Å². The number of benzene rings is 1. The zero-order valence-corrected chi connectivity index (χ0v) is 16.5. The van der Waals surface area contributed by atoms with Crippen molar-refractivity contribution in [3.63, 3.8) is 0 Å². The van der Waals surface area contributed by atoms with E-state index in [1.807, 2.05) is 19.1 Å². The van der Waals surface area contributed by atoms with Crippen LogP contribution in [-0.2, 0) is 29.8 Å². The molecule has 138 valence electrons. The predicted molar refractivity (Wildman–Crippen MR) is 94.6 cm³/mol. The monoisotopic (exact) mass is 366 g/mol. The first-order valence-electron chi connectivity index (χ1n) is 8.53. The van der Waals surface area contributed by atoms with Gasteiger partial charge < -0.3 is 18.3 Å². The Morgan fingerprint density at radius 2 is 1.88 bits per heavy atom. The molecule has 0 bridgehead atoms. The van der Waals surface area contributed by atoms with Gasteiger partial charge in [-0.3, -0.25) is 9.59 Å². The van der Waals surface area contributed by atoms with E-state index in [4.69, 9.17) is 18.3 Å². The first-order chi connectivity index (χ1) is 11.7. The highest BCUT2D eigenvalue weighted by Crippen LogP contribution is 2.34. The molecule has 1 atom stereocenters. The third-order valence-electron chi connectivity index (χ3n) is 4.11. The zero-order valence-electron chi connectivity index (χ0n) is 15.5. The van der Waals surface area contributed by atoms with Gasteiger partial charge in [-0.1, -0.05) is 19.4 Å². The molecule has 0 saturated heterocycles. The van der Waals surface area contributed by atoms with Gasteiger partial charge in [-0.25, -0.2) is 0 Å². The molecule has 2 rings (SSSR count). The summed E-state index contributed by atoms with van der Waals surface area (Å²) in [6, 6.07) is 5.46. The maximum Gasteiger partial charge on any atom is 0.496 e. The molecule has 0 amide bonds. The van der Waals surface area contributed by atoms with Crippen LogP contribution < -0.4 is 9.92 Å². The quantitative estimate of drug-likeness (QED) is 0.721. The smallest absolute Gasteiger partial charge is 0.482 e. The average Bonchev–Trinajstić information content (AvgIpc) is 2.51. The molecule has 0 aliphatic carbocycles. The fourth-order valence-corrected chi connectivity index (χ4v) is 5.07. The van der Waals surface area contributed by atoms with E-state index < -0.39 is 26.3 Å². The molecule has 1 unspecified atom stereocenters. The highest BCUT2D eigenvalue weighted by molar-refractivity contribution is 6.82. The van der Waals surface area contributed by atoms with Crippen LogP contribution in [0.3, 0.4) is 0 Å². The fraction of sp³-hybridized carbons (Fsp3) is 0.556. The Balaban J connectivity index is 2.28. The molecule has 1 aromatic rings. The molecular weight excluding hydrogens is 340 g/mol. The highest BCUT2D eigenvalue weighted by atomic mass is 28.4. The van der Waals surface area contributed by atoms with E-state index in [1.165, 1.54) is 13.8 Å². The second-order valence-corrected chi connectivity index (χ2v) is 9.46. The predicted octanol–water partition coefficient (Wildman–Crippen LogP) is 2.91. The lowest BCUT2D eigenvalue weighted by Crippen LogP contribution is -2.53. The summed E-state index contributed by atoms with van der Waals surface area (Å²) in [5.41, 5.74) is 0.851. The number of hydrogen-bond donors (Lipinski definition) is 0. The summed E-state index contributed by atoms with van der Waals surface area (Å²) in [5, 5.41) is 0.681. The van der Waals surface area contributed by atoms with Gasteiger partial charge in [0.2, 0.25) is 5.79 Å². The number of unbranched alkanes of at least 4 members (excludes halogenated alkanes) is 1. The van der Waals surface area contributed by atoms with Crippen LogP contribution in [0.4, 0.5) is 0 Å².